The Morgan fingerprint density at radius 2 is 2.26 bits per heavy atom. The quantitative estimate of drug-likeness (QED) is 0.846. The minimum absolute atomic E-state index is 0.00854. The Bertz CT molecular complexity index is 725. The summed E-state index contributed by atoms with van der Waals surface area (Å²) in [6.07, 6.45) is 7.19. The Morgan fingerprint density at radius 1 is 1.30 bits per heavy atom. The lowest BCUT2D eigenvalue weighted by Crippen LogP contribution is -2.47. The van der Waals surface area contributed by atoms with Crippen LogP contribution in [0, 0.1) is 5.92 Å². The molecule has 0 aliphatic carbocycles. The highest BCUT2D eigenvalue weighted by atomic mass is 16.5. The maximum Gasteiger partial charge on any atom is 0.212 e. The first-order valence-corrected chi connectivity index (χ1v) is 9.75. The van der Waals surface area contributed by atoms with Crippen LogP contribution in [0.3, 0.4) is 0 Å². The number of likely N-dealkylation sites (tertiary alicyclic amines) is 1. The normalized spacial score (nSPS) is 25.6. The molecule has 2 aliphatic rings. The van der Waals surface area contributed by atoms with E-state index in [0.717, 1.165) is 51.4 Å². The third-order valence-electron chi connectivity index (χ3n) is 5.55. The van der Waals surface area contributed by atoms with Gasteiger partial charge in [-0.2, -0.15) is 0 Å². The fourth-order valence-electron chi connectivity index (χ4n) is 4.28. The van der Waals surface area contributed by atoms with Crippen molar-refractivity contribution in [2.45, 2.75) is 31.4 Å². The third-order valence-corrected chi connectivity index (χ3v) is 5.55. The molecule has 4 rings (SSSR count). The largest absolute Gasteiger partial charge is 0.481 e. The van der Waals surface area contributed by atoms with Crippen molar-refractivity contribution >= 4 is 5.82 Å². The molecule has 1 spiro atoms. The van der Waals surface area contributed by atoms with Crippen LogP contribution in [-0.2, 0) is 11.3 Å². The molecule has 1 N–H and O–H groups in total. The van der Waals surface area contributed by atoms with E-state index in [0.29, 0.717) is 11.8 Å². The predicted molar refractivity (Wildman–Crippen MR) is 105 cm³/mol. The number of piperidine rings is 1. The number of pyridine rings is 2. The SMILES string of the molecule is COc1ccc(CN2CCCC3(CC(CNc4ccccn4)CO3)C2)cn1. The maximum atomic E-state index is 6.35. The molecular weight excluding hydrogens is 340 g/mol. The summed E-state index contributed by atoms with van der Waals surface area (Å²) in [5, 5.41) is 3.45. The molecule has 2 aliphatic heterocycles. The van der Waals surface area contributed by atoms with Crippen molar-refractivity contribution in [2.75, 3.05) is 38.7 Å². The lowest BCUT2D eigenvalue weighted by molar-refractivity contribution is -0.0535. The van der Waals surface area contributed by atoms with Gasteiger partial charge in [0.25, 0.3) is 0 Å². The van der Waals surface area contributed by atoms with Gasteiger partial charge in [-0.3, -0.25) is 4.90 Å². The molecule has 2 atom stereocenters. The zero-order chi connectivity index (χ0) is 18.5. The first-order chi connectivity index (χ1) is 13.2. The Labute approximate surface area is 160 Å². The fraction of sp³-hybridized carbons (Fsp3) is 0.524. The van der Waals surface area contributed by atoms with E-state index in [-0.39, 0.29) is 5.60 Å². The standard InChI is InChI=1S/C21H28N4O2/c1-26-20-7-6-17(12-24-20)14-25-10-4-8-21(16-25)11-18(15-27-21)13-23-19-5-2-3-9-22-19/h2-3,5-7,9,12,18H,4,8,10-11,13-16H2,1H3,(H,22,23). The Hall–Kier alpha value is -2.18. The Balaban J connectivity index is 1.30. The molecule has 2 aromatic rings. The summed E-state index contributed by atoms with van der Waals surface area (Å²) >= 11 is 0. The summed E-state index contributed by atoms with van der Waals surface area (Å²) in [6, 6.07) is 9.99. The molecule has 2 unspecified atom stereocenters. The zero-order valence-electron chi connectivity index (χ0n) is 15.9. The number of rotatable bonds is 6. The molecule has 0 radical (unpaired) electrons. The Morgan fingerprint density at radius 3 is 3.04 bits per heavy atom. The highest BCUT2D eigenvalue weighted by Gasteiger charge is 2.43. The van der Waals surface area contributed by atoms with Crippen molar-refractivity contribution in [2.24, 2.45) is 5.92 Å². The molecule has 0 saturated carbocycles. The molecule has 6 heteroatoms. The molecule has 6 nitrogen and oxygen atoms in total. The van der Waals surface area contributed by atoms with Crippen LogP contribution in [-0.4, -0.2) is 53.8 Å². The second kappa shape index (κ2) is 8.23. The summed E-state index contributed by atoms with van der Waals surface area (Å²) in [4.78, 5) is 11.2. The zero-order valence-corrected chi connectivity index (χ0v) is 15.9. The van der Waals surface area contributed by atoms with E-state index in [9.17, 15) is 0 Å². The van der Waals surface area contributed by atoms with Crippen LogP contribution in [0.15, 0.2) is 42.7 Å². The van der Waals surface area contributed by atoms with Gasteiger partial charge in [0.2, 0.25) is 5.88 Å². The van der Waals surface area contributed by atoms with Crippen LogP contribution < -0.4 is 10.1 Å². The Kier molecular flexibility index (Phi) is 5.55. The molecule has 0 bridgehead atoms. The molecule has 4 heterocycles. The number of hydrogen-bond acceptors (Lipinski definition) is 6. The molecular formula is C21H28N4O2. The van der Waals surface area contributed by atoms with Gasteiger partial charge in [-0.25, -0.2) is 9.97 Å². The molecule has 2 fully saturated rings. The molecule has 0 amide bonds. The molecule has 27 heavy (non-hydrogen) atoms. The summed E-state index contributed by atoms with van der Waals surface area (Å²) in [6.45, 7) is 4.78. The molecule has 2 saturated heterocycles. The summed E-state index contributed by atoms with van der Waals surface area (Å²) in [7, 11) is 1.65. The van der Waals surface area contributed by atoms with Gasteiger partial charge in [-0.1, -0.05) is 12.1 Å². The van der Waals surface area contributed by atoms with Gasteiger partial charge in [0.05, 0.1) is 19.3 Å². The van der Waals surface area contributed by atoms with Gasteiger partial charge >= 0.3 is 0 Å². The fourth-order valence-corrected chi connectivity index (χ4v) is 4.28. The summed E-state index contributed by atoms with van der Waals surface area (Å²) < 4.78 is 11.5. The molecule has 2 aromatic heterocycles. The number of aromatic nitrogens is 2. The topological polar surface area (TPSA) is 59.5 Å². The van der Waals surface area contributed by atoms with Crippen LogP contribution in [0.1, 0.15) is 24.8 Å². The average Bonchev–Trinajstić information content (AvgIpc) is 3.10. The van der Waals surface area contributed by atoms with Gasteiger partial charge in [0, 0.05) is 44.0 Å². The number of nitrogens with zero attached hydrogens (tertiary/aromatic N) is 3. The highest BCUT2D eigenvalue weighted by Crippen LogP contribution is 2.37. The van der Waals surface area contributed by atoms with Crippen molar-refractivity contribution in [1.82, 2.24) is 14.9 Å². The number of ether oxygens (including phenoxy) is 2. The minimum Gasteiger partial charge on any atom is -0.481 e. The third kappa shape index (κ3) is 4.57. The van der Waals surface area contributed by atoms with Gasteiger partial charge in [-0.15, -0.1) is 0 Å². The van der Waals surface area contributed by atoms with Crippen LogP contribution in [0.4, 0.5) is 5.82 Å². The number of hydrogen-bond donors (Lipinski definition) is 1. The summed E-state index contributed by atoms with van der Waals surface area (Å²) in [5.74, 6) is 2.14. The monoisotopic (exact) mass is 368 g/mol. The lowest BCUT2D eigenvalue weighted by Gasteiger charge is -2.39. The van der Waals surface area contributed by atoms with Crippen LogP contribution >= 0.6 is 0 Å². The van der Waals surface area contributed by atoms with E-state index < -0.39 is 0 Å². The minimum atomic E-state index is 0.00854. The van der Waals surface area contributed by atoms with E-state index in [2.05, 4.69) is 26.3 Å². The van der Waals surface area contributed by atoms with Crippen molar-refractivity contribution in [3.8, 4) is 5.88 Å². The van der Waals surface area contributed by atoms with Crippen molar-refractivity contribution in [1.29, 1.82) is 0 Å². The highest BCUT2D eigenvalue weighted by molar-refractivity contribution is 5.33. The second-order valence-electron chi connectivity index (χ2n) is 7.68. The number of nitrogens with one attached hydrogen (secondary N) is 1. The first-order valence-electron chi connectivity index (χ1n) is 9.75. The van der Waals surface area contributed by atoms with E-state index in [1.54, 1.807) is 7.11 Å². The van der Waals surface area contributed by atoms with Gasteiger partial charge in [-0.05, 0) is 43.5 Å². The molecule has 0 aromatic carbocycles. The van der Waals surface area contributed by atoms with Crippen molar-refractivity contribution in [3.05, 3.63) is 48.3 Å². The smallest absolute Gasteiger partial charge is 0.212 e. The van der Waals surface area contributed by atoms with E-state index >= 15 is 0 Å². The lowest BCUT2D eigenvalue weighted by atomic mass is 9.86. The van der Waals surface area contributed by atoms with E-state index in [1.807, 2.05) is 36.7 Å². The summed E-state index contributed by atoms with van der Waals surface area (Å²) in [5.41, 5.74) is 1.23. The van der Waals surface area contributed by atoms with Crippen molar-refractivity contribution in [3.63, 3.8) is 0 Å². The first kappa shape index (κ1) is 18.2. The van der Waals surface area contributed by atoms with E-state index in [4.69, 9.17) is 9.47 Å². The number of anilines is 1. The van der Waals surface area contributed by atoms with Crippen molar-refractivity contribution < 1.29 is 9.47 Å². The molecule has 144 valence electrons. The average molecular weight is 368 g/mol. The predicted octanol–water partition coefficient (Wildman–Crippen LogP) is 2.97. The van der Waals surface area contributed by atoms with Crippen LogP contribution in [0.2, 0.25) is 0 Å². The van der Waals surface area contributed by atoms with Crippen LogP contribution in [0.5, 0.6) is 5.88 Å². The van der Waals surface area contributed by atoms with Gasteiger partial charge in [0.1, 0.15) is 5.82 Å². The maximum absolute atomic E-state index is 6.35. The van der Waals surface area contributed by atoms with Gasteiger partial charge in [0.15, 0.2) is 0 Å². The van der Waals surface area contributed by atoms with Gasteiger partial charge < -0.3 is 14.8 Å². The number of methoxy groups -OCH3 is 1. The second-order valence-corrected chi connectivity index (χ2v) is 7.68. The van der Waals surface area contributed by atoms with E-state index in [1.165, 1.54) is 12.0 Å². The van der Waals surface area contributed by atoms with Crippen LogP contribution in [0.25, 0.3) is 0 Å².